The van der Waals surface area contributed by atoms with Crippen LogP contribution in [0.15, 0.2) is 76.9 Å². The van der Waals surface area contributed by atoms with E-state index in [1.54, 1.807) is 12.1 Å². The number of rotatable bonds is 10. The van der Waals surface area contributed by atoms with E-state index in [4.69, 9.17) is 14.7 Å². The Morgan fingerprint density at radius 2 is 1.76 bits per heavy atom. The van der Waals surface area contributed by atoms with Crippen LogP contribution in [0.3, 0.4) is 0 Å². The quantitative estimate of drug-likeness (QED) is 0.121. The first-order valence-electron chi connectivity index (χ1n) is 12.3. The zero-order chi connectivity index (χ0) is 29.8. The molecule has 0 saturated heterocycles. The van der Waals surface area contributed by atoms with Gasteiger partial charge >= 0.3 is 11.9 Å². The molecule has 1 aliphatic heterocycles. The van der Waals surface area contributed by atoms with Gasteiger partial charge in [-0.25, -0.2) is 14.0 Å². The summed E-state index contributed by atoms with van der Waals surface area (Å²) in [7, 11) is 0. The number of carboxylic acids is 2. The molecule has 4 N–H and O–H groups in total. The molecule has 1 unspecified atom stereocenters. The maximum Gasteiger partial charge on any atom is 0.328 e. The number of carbonyl (C=O) groups excluding carboxylic acids is 1. The molecule has 1 atom stereocenters. The summed E-state index contributed by atoms with van der Waals surface area (Å²) in [6.45, 7) is 1.17. The fourth-order valence-electron chi connectivity index (χ4n) is 3.81. The van der Waals surface area contributed by atoms with E-state index in [0.717, 1.165) is 24.9 Å². The van der Waals surface area contributed by atoms with Crippen LogP contribution < -0.4 is 10.6 Å². The molecule has 0 spiro atoms. The van der Waals surface area contributed by atoms with E-state index >= 15 is 0 Å². The van der Waals surface area contributed by atoms with E-state index in [0.29, 0.717) is 30.7 Å². The third-order valence-corrected chi connectivity index (χ3v) is 5.76. The number of benzene rings is 2. The number of aliphatic carboxylic acids is 2. The topological polar surface area (TPSA) is 198 Å². The summed E-state index contributed by atoms with van der Waals surface area (Å²) in [4.78, 5) is 45.8. The number of nitro benzene ring substituents is 1. The molecule has 0 saturated carbocycles. The van der Waals surface area contributed by atoms with Crippen molar-refractivity contribution in [3.8, 4) is 11.5 Å². The van der Waals surface area contributed by atoms with Crippen molar-refractivity contribution in [3.63, 3.8) is 0 Å². The molecule has 1 amide bonds. The number of nitrogens with one attached hydrogen (secondary N) is 2. The van der Waals surface area contributed by atoms with Crippen LogP contribution in [0.4, 0.5) is 10.1 Å². The van der Waals surface area contributed by atoms with Crippen LogP contribution in [0.1, 0.15) is 29.0 Å². The Morgan fingerprint density at radius 3 is 2.37 bits per heavy atom. The predicted molar refractivity (Wildman–Crippen MR) is 142 cm³/mol. The van der Waals surface area contributed by atoms with Crippen LogP contribution in [0.5, 0.6) is 0 Å². The van der Waals surface area contributed by atoms with Gasteiger partial charge in [-0.1, -0.05) is 28.9 Å². The molecule has 2 aromatic carbocycles. The maximum absolute atomic E-state index is 13.1. The predicted octanol–water partition coefficient (Wildman–Crippen LogP) is 3.15. The average Bonchev–Trinajstić information content (AvgIpc) is 3.44. The van der Waals surface area contributed by atoms with Gasteiger partial charge in [0.25, 0.3) is 23.3 Å². The van der Waals surface area contributed by atoms with Crippen molar-refractivity contribution in [2.24, 2.45) is 0 Å². The Hall–Kier alpha value is -5.24. The number of hydrogen-bond acceptors (Lipinski definition) is 9. The highest BCUT2D eigenvalue weighted by atomic mass is 19.1. The van der Waals surface area contributed by atoms with Gasteiger partial charge in [0.2, 0.25) is 0 Å². The van der Waals surface area contributed by atoms with Crippen LogP contribution in [-0.2, 0) is 16.0 Å². The molecule has 1 aromatic heterocycles. The van der Waals surface area contributed by atoms with E-state index in [1.807, 2.05) is 0 Å². The smallest absolute Gasteiger partial charge is 0.328 e. The second kappa shape index (κ2) is 14.8. The molecule has 0 aliphatic carbocycles. The molecule has 2 heterocycles. The Balaban J connectivity index is 0.000000507. The molecule has 0 radical (unpaired) electrons. The monoisotopic (exact) mass is 567 g/mol. The summed E-state index contributed by atoms with van der Waals surface area (Å²) in [6.07, 6.45) is 5.58. The van der Waals surface area contributed by atoms with Crippen molar-refractivity contribution in [1.82, 2.24) is 20.8 Å². The first-order chi connectivity index (χ1) is 19.6. The van der Waals surface area contributed by atoms with Crippen molar-refractivity contribution < 1.29 is 38.4 Å². The van der Waals surface area contributed by atoms with Crippen molar-refractivity contribution in [1.29, 1.82) is 0 Å². The minimum atomic E-state index is -1.26. The fourth-order valence-corrected chi connectivity index (χ4v) is 3.81. The minimum Gasteiger partial charge on any atom is -0.478 e. The normalized spacial score (nSPS) is 14.5. The SMILES string of the molecule is O=C(NCCC1=CCNC(Cc2ccc(F)cc2)C1)c1noc(-c2ccc([N+](=O)[O-])cc2)n1.O=C(O)/C=C/C(=O)O. The molecule has 0 fully saturated rings. The summed E-state index contributed by atoms with van der Waals surface area (Å²) in [5.74, 6) is -3.20. The van der Waals surface area contributed by atoms with Gasteiger partial charge in [-0.15, -0.1) is 0 Å². The number of halogens is 1. The third kappa shape index (κ3) is 10.1. The lowest BCUT2D eigenvalue weighted by Crippen LogP contribution is -2.35. The Labute approximate surface area is 232 Å². The van der Waals surface area contributed by atoms with E-state index < -0.39 is 22.8 Å². The van der Waals surface area contributed by atoms with Gasteiger partial charge in [-0.3, -0.25) is 14.9 Å². The number of nitro groups is 1. The Kier molecular flexibility index (Phi) is 10.9. The average molecular weight is 568 g/mol. The maximum atomic E-state index is 13.1. The molecule has 13 nitrogen and oxygen atoms in total. The van der Waals surface area contributed by atoms with Gasteiger partial charge in [0.15, 0.2) is 0 Å². The number of carboxylic acid groups (broad SMARTS) is 2. The lowest BCUT2D eigenvalue weighted by molar-refractivity contribution is -0.384. The van der Waals surface area contributed by atoms with Crippen LogP contribution in [-0.4, -0.2) is 62.3 Å². The molecule has 0 bridgehead atoms. The van der Waals surface area contributed by atoms with Crippen LogP contribution in [0.2, 0.25) is 0 Å². The van der Waals surface area contributed by atoms with Crippen molar-refractivity contribution in [2.45, 2.75) is 25.3 Å². The van der Waals surface area contributed by atoms with E-state index in [2.05, 4.69) is 26.9 Å². The zero-order valence-corrected chi connectivity index (χ0v) is 21.5. The van der Waals surface area contributed by atoms with Crippen LogP contribution >= 0.6 is 0 Å². The zero-order valence-electron chi connectivity index (χ0n) is 21.5. The highest BCUT2D eigenvalue weighted by Gasteiger charge is 2.18. The first-order valence-corrected chi connectivity index (χ1v) is 12.3. The molecule has 214 valence electrons. The number of nitrogens with zero attached hydrogens (tertiary/aromatic N) is 3. The van der Waals surface area contributed by atoms with Crippen molar-refractivity contribution in [3.05, 3.63) is 99.7 Å². The van der Waals surface area contributed by atoms with Gasteiger partial charge in [0.05, 0.1) is 4.92 Å². The van der Waals surface area contributed by atoms with E-state index in [1.165, 1.54) is 42.0 Å². The summed E-state index contributed by atoms with van der Waals surface area (Å²) in [6, 6.07) is 12.4. The number of hydrogen-bond donors (Lipinski definition) is 4. The van der Waals surface area contributed by atoms with Crippen LogP contribution in [0.25, 0.3) is 11.5 Å². The van der Waals surface area contributed by atoms with Crippen LogP contribution in [0, 0.1) is 15.9 Å². The minimum absolute atomic E-state index is 0.0524. The Bertz CT molecular complexity index is 1420. The third-order valence-electron chi connectivity index (χ3n) is 5.76. The molecule has 14 heteroatoms. The lowest BCUT2D eigenvalue weighted by Gasteiger charge is -2.24. The standard InChI is InChI=1S/C23H22FN5O4.C4H4O4/c24-18-5-1-15(2-6-18)13-19-14-16(9-11-25-19)10-12-26-22(30)21-27-23(33-28-21)17-3-7-20(8-4-17)29(31)32;5-3(6)1-2-4(7)8/h1-9,19,25H,10-14H2,(H,26,30);1-2H,(H,5,6)(H,7,8)/b;2-1+. The van der Waals surface area contributed by atoms with E-state index in [-0.39, 0.29) is 29.3 Å². The second-order valence-corrected chi connectivity index (χ2v) is 8.75. The highest BCUT2D eigenvalue weighted by molar-refractivity contribution is 5.90. The number of carbonyl (C=O) groups is 3. The van der Waals surface area contributed by atoms with Gasteiger partial charge < -0.3 is 25.4 Å². The molecular weight excluding hydrogens is 541 g/mol. The summed E-state index contributed by atoms with van der Waals surface area (Å²) in [5, 5.41) is 36.3. The molecule has 41 heavy (non-hydrogen) atoms. The van der Waals surface area contributed by atoms with Crippen molar-refractivity contribution in [2.75, 3.05) is 13.1 Å². The summed E-state index contributed by atoms with van der Waals surface area (Å²) < 4.78 is 18.2. The van der Waals surface area contributed by atoms with Gasteiger partial charge in [-0.2, -0.15) is 4.98 Å². The second-order valence-electron chi connectivity index (χ2n) is 8.75. The lowest BCUT2D eigenvalue weighted by atomic mass is 9.94. The summed E-state index contributed by atoms with van der Waals surface area (Å²) in [5.41, 5.74) is 2.74. The van der Waals surface area contributed by atoms with Crippen molar-refractivity contribution >= 4 is 23.5 Å². The number of non-ortho nitro benzene ring substituents is 1. The van der Waals surface area contributed by atoms with E-state index in [9.17, 15) is 28.9 Å². The number of amides is 1. The molecular formula is C27H26FN5O8. The van der Waals surface area contributed by atoms with Gasteiger partial charge in [-0.05, 0) is 49.1 Å². The molecule has 3 aromatic rings. The Morgan fingerprint density at radius 1 is 1.10 bits per heavy atom. The summed E-state index contributed by atoms with van der Waals surface area (Å²) >= 11 is 0. The van der Waals surface area contributed by atoms with Gasteiger partial charge in [0, 0.05) is 49.0 Å². The molecule has 1 aliphatic rings. The first kappa shape index (κ1) is 30.3. The fraction of sp³-hybridized carbons (Fsp3) is 0.222. The highest BCUT2D eigenvalue weighted by Crippen LogP contribution is 2.21. The van der Waals surface area contributed by atoms with Gasteiger partial charge in [0.1, 0.15) is 5.82 Å². The largest absolute Gasteiger partial charge is 0.478 e. The molecule has 4 rings (SSSR count). The number of aromatic nitrogens is 2.